The van der Waals surface area contributed by atoms with Crippen LogP contribution >= 0.6 is 11.3 Å². The molecule has 1 fully saturated rings. The van der Waals surface area contributed by atoms with Gasteiger partial charge in [0.05, 0.1) is 15.1 Å². The molecular weight excluding hydrogens is 264 g/mol. The van der Waals surface area contributed by atoms with Gasteiger partial charge in [-0.25, -0.2) is 4.98 Å². The number of nitro groups is 1. The molecule has 1 aliphatic rings. The Balaban J connectivity index is 1.75. The second-order valence-corrected chi connectivity index (χ2v) is 5.63. The molecule has 1 aromatic heterocycles. The van der Waals surface area contributed by atoms with Crippen molar-refractivity contribution >= 4 is 32.4 Å². The molecule has 6 nitrogen and oxygen atoms in total. The van der Waals surface area contributed by atoms with Gasteiger partial charge in [0.2, 0.25) is 0 Å². The summed E-state index contributed by atoms with van der Waals surface area (Å²) in [7, 11) is 0. The topological polar surface area (TPSA) is 80.1 Å². The van der Waals surface area contributed by atoms with Crippen LogP contribution in [0.25, 0.3) is 10.2 Å². The Morgan fingerprint density at radius 2 is 2.47 bits per heavy atom. The number of nitrogens with zero attached hydrogens (tertiary/aromatic N) is 2. The first-order chi connectivity index (χ1) is 9.22. The third-order valence-corrected chi connectivity index (χ3v) is 4.24. The zero-order valence-corrected chi connectivity index (χ0v) is 11.1. The number of aromatic nitrogens is 1. The standard InChI is InChI=1S/C12H14N4O2S/c17-16(18)9-3-4-11-10(6-9)15-12(19-11)14-7-8-2-1-5-13-8/h3-4,6,8,13H,1-2,5,7H2,(H,14,15)/t8-/m1/s1. The van der Waals surface area contributed by atoms with Crippen molar-refractivity contribution in [1.29, 1.82) is 0 Å². The number of hydrogen-bond acceptors (Lipinski definition) is 6. The molecule has 0 amide bonds. The molecule has 1 atom stereocenters. The van der Waals surface area contributed by atoms with Gasteiger partial charge >= 0.3 is 0 Å². The molecule has 1 aromatic carbocycles. The van der Waals surface area contributed by atoms with Crippen molar-refractivity contribution in [2.45, 2.75) is 18.9 Å². The van der Waals surface area contributed by atoms with Crippen LogP contribution in [0.4, 0.5) is 10.8 Å². The number of nitro benzene ring substituents is 1. The Labute approximate surface area is 114 Å². The second-order valence-electron chi connectivity index (χ2n) is 4.60. The van der Waals surface area contributed by atoms with Crippen molar-refractivity contribution in [3.8, 4) is 0 Å². The first-order valence-corrected chi connectivity index (χ1v) is 7.06. The highest BCUT2D eigenvalue weighted by Crippen LogP contribution is 2.28. The van der Waals surface area contributed by atoms with Gasteiger partial charge in [-0.05, 0) is 25.5 Å². The first kappa shape index (κ1) is 12.3. The monoisotopic (exact) mass is 278 g/mol. The molecule has 2 N–H and O–H groups in total. The van der Waals surface area contributed by atoms with E-state index in [9.17, 15) is 10.1 Å². The van der Waals surface area contributed by atoms with Gasteiger partial charge in [0.25, 0.3) is 5.69 Å². The molecule has 0 saturated carbocycles. The molecule has 0 bridgehead atoms. The van der Waals surface area contributed by atoms with Gasteiger partial charge in [0, 0.05) is 24.7 Å². The zero-order chi connectivity index (χ0) is 13.2. The maximum atomic E-state index is 10.7. The van der Waals surface area contributed by atoms with Gasteiger partial charge < -0.3 is 10.6 Å². The minimum Gasteiger partial charge on any atom is -0.360 e. The maximum Gasteiger partial charge on any atom is 0.271 e. The highest BCUT2D eigenvalue weighted by atomic mass is 32.1. The summed E-state index contributed by atoms with van der Waals surface area (Å²) in [6.07, 6.45) is 2.40. The SMILES string of the molecule is O=[N+]([O-])c1ccc2sc(NC[C@H]3CCCN3)nc2c1. The van der Waals surface area contributed by atoms with Crippen LogP contribution in [0.2, 0.25) is 0 Å². The summed E-state index contributed by atoms with van der Waals surface area (Å²) in [6.45, 7) is 1.93. The minimum atomic E-state index is -0.395. The van der Waals surface area contributed by atoms with Crippen molar-refractivity contribution in [3.05, 3.63) is 28.3 Å². The molecule has 2 heterocycles. The minimum absolute atomic E-state index is 0.0850. The van der Waals surface area contributed by atoms with E-state index in [1.807, 2.05) is 0 Å². The lowest BCUT2D eigenvalue weighted by atomic mass is 10.2. The lowest BCUT2D eigenvalue weighted by Gasteiger charge is -2.09. The van der Waals surface area contributed by atoms with Crippen molar-refractivity contribution in [2.75, 3.05) is 18.4 Å². The predicted octanol–water partition coefficient (Wildman–Crippen LogP) is 2.37. The van der Waals surface area contributed by atoms with Gasteiger partial charge in [0.15, 0.2) is 5.13 Å². The van der Waals surface area contributed by atoms with E-state index in [0.29, 0.717) is 11.6 Å². The van der Waals surface area contributed by atoms with Crippen molar-refractivity contribution in [2.24, 2.45) is 0 Å². The summed E-state index contributed by atoms with van der Waals surface area (Å²) in [6, 6.07) is 5.29. The van der Waals surface area contributed by atoms with Crippen molar-refractivity contribution in [3.63, 3.8) is 0 Å². The number of fused-ring (bicyclic) bond motifs is 1. The van der Waals surface area contributed by atoms with Crippen LogP contribution in [0.3, 0.4) is 0 Å². The van der Waals surface area contributed by atoms with Crippen LogP contribution in [-0.2, 0) is 0 Å². The molecule has 3 rings (SSSR count). The van der Waals surface area contributed by atoms with Crippen LogP contribution in [0.15, 0.2) is 18.2 Å². The Bertz CT molecular complexity index is 607. The van der Waals surface area contributed by atoms with Gasteiger partial charge in [0.1, 0.15) is 0 Å². The van der Waals surface area contributed by atoms with E-state index in [2.05, 4.69) is 15.6 Å². The summed E-state index contributed by atoms with van der Waals surface area (Å²) in [5.74, 6) is 0. The van der Waals surface area contributed by atoms with Gasteiger partial charge in [-0.15, -0.1) is 0 Å². The highest BCUT2D eigenvalue weighted by molar-refractivity contribution is 7.22. The second kappa shape index (κ2) is 5.10. The molecule has 1 saturated heterocycles. The lowest BCUT2D eigenvalue weighted by molar-refractivity contribution is -0.384. The Kier molecular flexibility index (Phi) is 3.31. The van der Waals surface area contributed by atoms with Crippen LogP contribution in [-0.4, -0.2) is 29.0 Å². The van der Waals surface area contributed by atoms with Gasteiger partial charge in [-0.2, -0.15) is 0 Å². The van der Waals surface area contributed by atoms with Crippen LogP contribution in [0, 0.1) is 10.1 Å². The number of thiazole rings is 1. The lowest BCUT2D eigenvalue weighted by Crippen LogP contribution is -2.29. The molecule has 0 spiro atoms. The van der Waals surface area contributed by atoms with Gasteiger partial charge in [-0.1, -0.05) is 11.3 Å². The normalized spacial score (nSPS) is 18.8. The first-order valence-electron chi connectivity index (χ1n) is 6.24. The van der Waals surface area contributed by atoms with E-state index in [1.165, 1.54) is 36.3 Å². The largest absolute Gasteiger partial charge is 0.360 e. The molecule has 1 aliphatic heterocycles. The maximum absolute atomic E-state index is 10.7. The van der Waals surface area contributed by atoms with Crippen LogP contribution < -0.4 is 10.6 Å². The number of hydrogen-bond donors (Lipinski definition) is 2. The van der Waals surface area contributed by atoms with E-state index in [-0.39, 0.29) is 5.69 Å². The highest BCUT2D eigenvalue weighted by Gasteiger charge is 2.15. The molecule has 7 heteroatoms. The molecule has 2 aromatic rings. The van der Waals surface area contributed by atoms with E-state index in [1.54, 1.807) is 6.07 Å². The fraction of sp³-hybridized carbons (Fsp3) is 0.417. The Hall–Kier alpha value is -1.73. The average molecular weight is 278 g/mol. The zero-order valence-electron chi connectivity index (χ0n) is 10.3. The number of benzene rings is 1. The molecule has 0 unspecified atom stereocenters. The summed E-state index contributed by atoms with van der Waals surface area (Å²) in [4.78, 5) is 14.7. The third kappa shape index (κ3) is 2.66. The summed E-state index contributed by atoms with van der Waals surface area (Å²) < 4.78 is 0.965. The van der Waals surface area contributed by atoms with E-state index < -0.39 is 4.92 Å². The number of anilines is 1. The molecule has 0 radical (unpaired) electrons. The Morgan fingerprint density at radius 3 is 3.21 bits per heavy atom. The van der Waals surface area contributed by atoms with Gasteiger partial charge in [-0.3, -0.25) is 10.1 Å². The molecule has 100 valence electrons. The molecular formula is C12H14N4O2S. The molecule has 0 aliphatic carbocycles. The third-order valence-electron chi connectivity index (χ3n) is 3.24. The van der Waals surface area contributed by atoms with Crippen molar-refractivity contribution in [1.82, 2.24) is 10.3 Å². The fourth-order valence-electron chi connectivity index (χ4n) is 2.25. The van der Waals surface area contributed by atoms with Crippen molar-refractivity contribution < 1.29 is 4.92 Å². The predicted molar refractivity (Wildman–Crippen MR) is 75.8 cm³/mol. The van der Waals surface area contributed by atoms with E-state index in [4.69, 9.17) is 0 Å². The summed E-state index contributed by atoms with van der Waals surface area (Å²) in [5, 5.41) is 18.2. The Morgan fingerprint density at radius 1 is 1.58 bits per heavy atom. The van der Waals surface area contributed by atoms with E-state index >= 15 is 0 Å². The fourth-order valence-corrected chi connectivity index (χ4v) is 3.10. The quantitative estimate of drug-likeness (QED) is 0.663. The summed E-state index contributed by atoms with van der Waals surface area (Å²) in [5.41, 5.74) is 0.767. The summed E-state index contributed by atoms with van der Waals surface area (Å²) >= 11 is 1.53. The van der Waals surface area contributed by atoms with E-state index in [0.717, 1.165) is 22.9 Å². The smallest absolute Gasteiger partial charge is 0.271 e. The molecule has 19 heavy (non-hydrogen) atoms. The van der Waals surface area contributed by atoms with Crippen LogP contribution in [0.1, 0.15) is 12.8 Å². The number of rotatable bonds is 4. The van der Waals surface area contributed by atoms with Crippen LogP contribution in [0.5, 0.6) is 0 Å². The number of non-ortho nitro benzene ring substituents is 1. The average Bonchev–Trinajstić information content (AvgIpc) is 3.04. The number of nitrogens with one attached hydrogen (secondary N) is 2.